The summed E-state index contributed by atoms with van der Waals surface area (Å²) < 4.78 is 0. The minimum atomic E-state index is -1.21. The maximum Gasteiger partial charge on any atom is 0.321 e. The number of rotatable bonds is 8. The van der Waals surface area contributed by atoms with Crippen LogP contribution in [0.2, 0.25) is 0 Å². The molecule has 0 aliphatic rings. The van der Waals surface area contributed by atoms with E-state index in [9.17, 15) is 19.2 Å². The van der Waals surface area contributed by atoms with E-state index in [4.69, 9.17) is 27.4 Å². The molecule has 11 nitrogen and oxygen atoms in total. The number of carbonyl (C=O) groups is 4. The third kappa shape index (κ3) is 15.5. The molecule has 0 aliphatic carbocycles. The van der Waals surface area contributed by atoms with Crippen LogP contribution in [0.5, 0.6) is 0 Å². The van der Waals surface area contributed by atoms with Crippen molar-refractivity contribution in [2.75, 3.05) is 6.54 Å². The predicted octanol–water partition coefficient (Wildman–Crippen LogP) is -2.88. The Balaban J connectivity index is 0. The fraction of sp³-hybridized carbons (Fsp3) is 0.600. The monoisotopic (exact) mass is 307 g/mol. The van der Waals surface area contributed by atoms with Crippen molar-refractivity contribution in [1.82, 2.24) is 5.32 Å². The Hall–Kier alpha value is -2.40. The number of carbonyl (C=O) groups excluding carboxylic acids is 2. The van der Waals surface area contributed by atoms with Gasteiger partial charge in [0.1, 0.15) is 12.1 Å². The van der Waals surface area contributed by atoms with E-state index in [0.717, 1.165) is 0 Å². The summed E-state index contributed by atoms with van der Waals surface area (Å²) in [6, 6.07) is -2.64. The summed E-state index contributed by atoms with van der Waals surface area (Å²) in [5, 5.41) is 18.8. The van der Waals surface area contributed by atoms with Gasteiger partial charge in [-0.15, -0.1) is 0 Å². The van der Waals surface area contributed by atoms with Crippen LogP contribution in [0.15, 0.2) is 0 Å². The van der Waals surface area contributed by atoms with Gasteiger partial charge in [0, 0.05) is 6.54 Å². The highest BCUT2D eigenvalue weighted by atomic mass is 16.4. The number of primary amides is 2. The summed E-state index contributed by atoms with van der Waals surface area (Å²) in [5.41, 5.74) is 19.5. The van der Waals surface area contributed by atoms with Gasteiger partial charge in [-0.25, -0.2) is 4.79 Å². The van der Waals surface area contributed by atoms with Crippen LogP contribution in [0.4, 0.5) is 4.79 Å². The molecule has 11 N–H and O–H groups in total. The second-order valence-corrected chi connectivity index (χ2v) is 3.99. The largest absolute Gasteiger partial charge is 0.480 e. The number of nitrogens with one attached hydrogen (secondary N) is 1. The number of aliphatic carboxylic acids is 2. The van der Waals surface area contributed by atoms with E-state index in [0.29, 0.717) is 19.4 Å². The molecule has 0 aromatic rings. The van der Waals surface area contributed by atoms with Gasteiger partial charge in [-0.05, 0) is 12.8 Å². The van der Waals surface area contributed by atoms with Gasteiger partial charge in [0.25, 0.3) is 0 Å². The summed E-state index contributed by atoms with van der Waals surface area (Å²) in [5.74, 6) is -2.95. The third-order valence-corrected chi connectivity index (χ3v) is 2.05. The zero-order valence-corrected chi connectivity index (χ0v) is 11.3. The first-order chi connectivity index (χ1) is 9.57. The average molecular weight is 307 g/mol. The molecule has 0 aromatic heterocycles. The fourth-order valence-electron chi connectivity index (χ4n) is 0.961. The van der Waals surface area contributed by atoms with Crippen LogP contribution >= 0.6 is 0 Å². The summed E-state index contributed by atoms with van der Waals surface area (Å²) in [6.07, 6.45) is 0.529. The zero-order valence-electron chi connectivity index (χ0n) is 11.3. The Bertz CT molecular complexity index is 375. The maximum atomic E-state index is 10.2. The molecule has 21 heavy (non-hydrogen) atoms. The Morgan fingerprint density at radius 2 is 1.43 bits per heavy atom. The standard InChI is InChI=1S/C6H13N3O3.C4H8N2O3/c7-4(5(10)11)2-1-3-9-6(8)12;5-2(4(8)9)1-3(6)7/h4H,1-3,7H2,(H,10,11)(H3,8,9,12);2H,1,5H2,(H2,6,7)(H,8,9). The molecule has 3 amide bonds. The van der Waals surface area contributed by atoms with E-state index in [1.165, 1.54) is 0 Å². The van der Waals surface area contributed by atoms with E-state index < -0.39 is 36.0 Å². The molecular weight excluding hydrogens is 286 g/mol. The lowest BCUT2D eigenvalue weighted by Gasteiger charge is -2.05. The lowest BCUT2D eigenvalue weighted by molar-refractivity contribution is -0.140. The molecule has 11 heteroatoms. The van der Waals surface area contributed by atoms with Crippen molar-refractivity contribution < 1.29 is 29.4 Å². The molecule has 0 saturated carbocycles. The van der Waals surface area contributed by atoms with Crippen molar-refractivity contribution in [3.05, 3.63) is 0 Å². The summed E-state index contributed by atoms with van der Waals surface area (Å²) in [6.45, 7) is 0.357. The second kappa shape index (κ2) is 11.4. The van der Waals surface area contributed by atoms with E-state index >= 15 is 0 Å². The SMILES string of the molecule is NC(=O)CC(N)C(=O)O.NC(=O)NCCCC(N)C(=O)O. The Morgan fingerprint density at radius 1 is 0.952 bits per heavy atom. The quantitative estimate of drug-likeness (QED) is 0.230. The summed E-state index contributed by atoms with van der Waals surface area (Å²) in [7, 11) is 0. The number of carboxylic acids is 2. The molecule has 0 spiro atoms. The van der Waals surface area contributed by atoms with Crippen molar-refractivity contribution in [3.63, 3.8) is 0 Å². The molecule has 0 aliphatic heterocycles. The van der Waals surface area contributed by atoms with Gasteiger partial charge in [0.15, 0.2) is 0 Å². The van der Waals surface area contributed by atoms with Crippen LogP contribution in [0.1, 0.15) is 19.3 Å². The highest BCUT2D eigenvalue weighted by Crippen LogP contribution is 1.92. The van der Waals surface area contributed by atoms with Gasteiger partial charge in [-0.1, -0.05) is 0 Å². The Kier molecular flexibility index (Phi) is 11.4. The van der Waals surface area contributed by atoms with Crippen LogP contribution in [0.25, 0.3) is 0 Å². The van der Waals surface area contributed by atoms with Crippen molar-refractivity contribution in [2.24, 2.45) is 22.9 Å². The minimum absolute atomic E-state index is 0.310. The van der Waals surface area contributed by atoms with Crippen LogP contribution in [-0.4, -0.2) is 52.7 Å². The van der Waals surface area contributed by atoms with Crippen LogP contribution in [-0.2, 0) is 14.4 Å². The highest BCUT2D eigenvalue weighted by Gasteiger charge is 2.13. The smallest absolute Gasteiger partial charge is 0.321 e. The normalized spacial score (nSPS) is 12.3. The maximum absolute atomic E-state index is 10.2. The molecule has 2 atom stereocenters. The number of hydrogen-bond acceptors (Lipinski definition) is 6. The molecule has 0 rings (SSSR count). The zero-order chi connectivity index (χ0) is 17.0. The second-order valence-electron chi connectivity index (χ2n) is 3.99. The van der Waals surface area contributed by atoms with Gasteiger partial charge >= 0.3 is 18.0 Å². The minimum Gasteiger partial charge on any atom is -0.480 e. The van der Waals surface area contributed by atoms with Crippen molar-refractivity contribution >= 4 is 23.9 Å². The van der Waals surface area contributed by atoms with Gasteiger partial charge in [0.05, 0.1) is 6.42 Å². The number of carboxylic acid groups (broad SMARTS) is 2. The number of hydrogen-bond donors (Lipinski definition) is 7. The molecule has 0 radical (unpaired) electrons. The third-order valence-electron chi connectivity index (χ3n) is 2.05. The highest BCUT2D eigenvalue weighted by molar-refractivity contribution is 5.83. The molecule has 122 valence electrons. The van der Waals surface area contributed by atoms with E-state index in [1.807, 2.05) is 0 Å². The summed E-state index contributed by atoms with van der Waals surface area (Å²) in [4.78, 5) is 40.2. The summed E-state index contributed by atoms with van der Waals surface area (Å²) >= 11 is 0. The first kappa shape index (κ1) is 20.9. The number of urea groups is 1. The first-order valence-electron chi connectivity index (χ1n) is 5.86. The fourth-order valence-corrected chi connectivity index (χ4v) is 0.961. The van der Waals surface area contributed by atoms with E-state index in [2.05, 4.69) is 11.1 Å². The molecule has 0 saturated heterocycles. The van der Waals surface area contributed by atoms with Gasteiger partial charge in [-0.2, -0.15) is 0 Å². The number of nitrogens with two attached hydrogens (primary N) is 4. The molecule has 0 fully saturated rings. The topological polar surface area (TPSA) is 225 Å². The predicted molar refractivity (Wildman–Crippen MR) is 71.9 cm³/mol. The van der Waals surface area contributed by atoms with Crippen molar-refractivity contribution in [1.29, 1.82) is 0 Å². The van der Waals surface area contributed by atoms with Gasteiger partial charge in [0.2, 0.25) is 5.91 Å². The first-order valence-corrected chi connectivity index (χ1v) is 5.86. The molecular formula is C10H21N5O6. The van der Waals surface area contributed by atoms with Crippen LogP contribution in [0, 0.1) is 0 Å². The van der Waals surface area contributed by atoms with Crippen LogP contribution in [0.3, 0.4) is 0 Å². The molecule has 0 bridgehead atoms. The van der Waals surface area contributed by atoms with Gasteiger partial charge < -0.3 is 38.5 Å². The molecule has 0 aromatic carbocycles. The lowest BCUT2D eigenvalue weighted by atomic mass is 10.2. The lowest BCUT2D eigenvalue weighted by Crippen LogP contribution is -2.34. The molecule has 2 unspecified atom stereocenters. The van der Waals surface area contributed by atoms with Crippen molar-refractivity contribution in [3.8, 4) is 0 Å². The number of amides is 3. The van der Waals surface area contributed by atoms with Gasteiger partial charge in [-0.3, -0.25) is 14.4 Å². The molecule has 0 heterocycles. The van der Waals surface area contributed by atoms with E-state index in [1.54, 1.807) is 0 Å². The average Bonchev–Trinajstić information content (AvgIpc) is 2.33. The van der Waals surface area contributed by atoms with Crippen molar-refractivity contribution in [2.45, 2.75) is 31.3 Å². The Labute approximate surface area is 120 Å². The van der Waals surface area contributed by atoms with E-state index in [-0.39, 0.29) is 6.42 Å². The van der Waals surface area contributed by atoms with Crippen LogP contribution < -0.4 is 28.3 Å². The Morgan fingerprint density at radius 3 is 1.71 bits per heavy atom.